The second kappa shape index (κ2) is 6.95. The van der Waals surface area contributed by atoms with Crippen molar-refractivity contribution >= 4 is 47.6 Å². The third kappa shape index (κ3) is 4.32. The molecule has 0 spiro atoms. The molecule has 21 heavy (non-hydrogen) atoms. The molecule has 5 nitrogen and oxygen atoms in total. The molecule has 8 heteroatoms. The molecule has 0 saturated heterocycles. The fourth-order valence-electron chi connectivity index (χ4n) is 1.62. The second-order valence-corrected chi connectivity index (χ2v) is 7.61. The van der Waals surface area contributed by atoms with Gasteiger partial charge in [0.1, 0.15) is 5.76 Å². The summed E-state index contributed by atoms with van der Waals surface area (Å²) in [6.45, 7) is 3.24. The summed E-state index contributed by atoms with van der Waals surface area (Å²) in [7, 11) is -3.75. The van der Waals surface area contributed by atoms with E-state index in [4.69, 9.17) is 4.42 Å². The van der Waals surface area contributed by atoms with Crippen LogP contribution >= 0.6 is 31.9 Å². The minimum atomic E-state index is -3.75. The standard InChI is InChI=1S/C13H14Br2N2O3S/c1-2-16-8-10-4-6-13(20-10)21(18,19)17-12-7-9(14)3-5-11(12)15/h3-7,16-17H,2,8H2,1H3. The summed E-state index contributed by atoms with van der Waals surface area (Å²) in [5.41, 5.74) is 0.439. The van der Waals surface area contributed by atoms with Gasteiger partial charge in [0.05, 0.1) is 12.2 Å². The number of anilines is 1. The van der Waals surface area contributed by atoms with Gasteiger partial charge in [0, 0.05) is 8.95 Å². The van der Waals surface area contributed by atoms with Crippen LogP contribution in [0.2, 0.25) is 0 Å². The average molecular weight is 438 g/mol. The molecular weight excluding hydrogens is 424 g/mol. The van der Waals surface area contributed by atoms with Crippen LogP contribution in [0.3, 0.4) is 0 Å². The molecule has 0 aliphatic heterocycles. The van der Waals surface area contributed by atoms with Crippen molar-refractivity contribution in [2.24, 2.45) is 0 Å². The fraction of sp³-hybridized carbons (Fsp3) is 0.231. The van der Waals surface area contributed by atoms with E-state index in [1.165, 1.54) is 6.07 Å². The minimum absolute atomic E-state index is 0.109. The zero-order valence-corrected chi connectivity index (χ0v) is 15.2. The van der Waals surface area contributed by atoms with Crippen LogP contribution in [-0.2, 0) is 16.6 Å². The van der Waals surface area contributed by atoms with Crippen molar-refractivity contribution in [1.29, 1.82) is 0 Å². The van der Waals surface area contributed by atoms with Crippen LogP contribution in [0, 0.1) is 0 Å². The number of nitrogens with one attached hydrogen (secondary N) is 2. The lowest BCUT2D eigenvalue weighted by Gasteiger charge is -2.08. The zero-order valence-electron chi connectivity index (χ0n) is 11.2. The topological polar surface area (TPSA) is 71.3 Å². The summed E-state index contributed by atoms with van der Waals surface area (Å²) >= 11 is 6.61. The number of rotatable bonds is 6. The van der Waals surface area contributed by atoms with Crippen LogP contribution in [-0.4, -0.2) is 15.0 Å². The van der Waals surface area contributed by atoms with Gasteiger partial charge < -0.3 is 9.73 Å². The molecule has 0 bridgehead atoms. The number of benzene rings is 1. The van der Waals surface area contributed by atoms with E-state index in [9.17, 15) is 8.42 Å². The summed E-state index contributed by atoms with van der Waals surface area (Å²) in [4.78, 5) is 0. The van der Waals surface area contributed by atoms with Gasteiger partial charge in [-0.05, 0) is 52.8 Å². The van der Waals surface area contributed by atoms with Crippen molar-refractivity contribution in [3.05, 3.63) is 45.0 Å². The van der Waals surface area contributed by atoms with E-state index in [2.05, 4.69) is 41.9 Å². The van der Waals surface area contributed by atoms with Crippen molar-refractivity contribution in [2.45, 2.75) is 18.6 Å². The highest BCUT2D eigenvalue weighted by molar-refractivity contribution is 9.11. The maximum atomic E-state index is 12.3. The molecule has 0 aliphatic rings. The van der Waals surface area contributed by atoms with Gasteiger partial charge in [-0.1, -0.05) is 22.9 Å². The summed E-state index contributed by atoms with van der Waals surface area (Å²) in [6.07, 6.45) is 0. The lowest BCUT2D eigenvalue weighted by Crippen LogP contribution is -2.13. The third-order valence-corrected chi connectivity index (χ3v) is 5.05. The van der Waals surface area contributed by atoms with Crippen LogP contribution in [0.4, 0.5) is 5.69 Å². The molecule has 0 saturated carbocycles. The van der Waals surface area contributed by atoms with Crippen molar-refractivity contribution < 1.29 is 12.8 Å². The summed E-state index contributed by atoms with van der Waals surface area (Å²) in [5.74, 6) is 0.575. The molecule has 2 rings (SSSR count). The number of furan rings is 1. The van der Waals surface area contributed by atoms with E-state index in [1.807, 2.05) is 13.0 Å². The van der Waals surface area contributed by atoms with Gasteiger partial charge in [-0.25, -0.2) is 0 Å². The predicted octanol–water partition coefficient (Wildman–Crippen LogP) is 3.71. The Labute approximate surface area is 140 Å². The van der Waals surface area contributed by atoms with E-state index in [0.717, 1.165) is 11.0 Å². The Kier molecular flexibility index (Phi) is 5.48. The molecule has 0 radical (unpaired) electrons. The minimum Gasteiger partial charge on any atom is -0.446 e. The maximum Gasteiger partial charge on any atom is 0.295 e. The third-order valence-electron chi connectivity index (χ3n) is 2.62. The molecule has 0 fully saturated rings. The van der Waals surface area contributed by atoms with E-state index < -0.39 is 10.0 Å². The molecular formula is C13H14Br2N2O3S. The van der Waals surface area contributed by atoms with Crippen molar-refractivity contribution in [2.75, 3.05) is 11.3 Å². The lowest BCUT2D eigenvalue weighted by molar-refractivity contribution is 0.405. The molecule has 0 atom stereocenters. The number of halogens is 2. The first-order valence-corrected chi connectivity index (χ1v) is 9.26. The van der Waals surface area contributed by atoms with Gasteiger partial charge in [0.15, 0.2) is 0 Å². The molecule has 1 heterocycles. The number of hydrogen-bond donors (Lipinski definition) is 2. The molecule has 114 valence electrons. The molecule has 2 aromatic rings. The first-order chi connectivity index (χ1) is 9.92. The molecule has 1 aromatic carbocycles. The SMILES string of the molecule is CCNCc1ccc(S(=O)(=O)Nc2cc(Br)ccc2Br)o1. The predicted molar refractivity (Wildman–Crippen MR) is 88.7 cm³/mol. The Balaban J connectivity index is 2.22. The van der Waals surface area contributed by atoms with Crippen LogP contribution in [0.5, 0.6) is 0 Å². The Bertz CT molecular complexity index is 729. The normalized spacial score (nSPS) is 11.6. The zero-order chi connectivity index (χ0) is 15.5. The van der Waals surface area contributed by atoms with E-state index in [0.29, 0.717) is 22.5 Å². The number of sulfonamides is 1. The summed E-state index contributed by atoms with van der Waals surface area (Å²) in [5, 5.41) is 2.96. The average Bonchev–Trinajstić information content (AvgIpc) is 2.90. The van der Waals surface area contributed by atoms with E-state index in [1.54, 1.807) is 18.2 Å². The Morgan fingerprint density at radius 1 is 1.19 bits per heavy atom. The molecule has 2 N–H and O–H groups in total. The fourth-order valence-corrected chi connectivity index (χ4v) is 3.48. The summed E-state index contributed by atoms with van der Waals surface area (Å²) in [6, 6.07) is 8.32. The van der Waals surface area contributed by atoms with Crippen LogP contribution < -0.4 is 10.0 Å². The summed E-state index contributed by atoms with van der Waals surface area (Å²) < 4.78 is 33.8. The van der Waals surface area contributed by atoms with Gasteiger partial charge >= 0.3 is 0 Å². The van der Waals surface area contributed by atoms with E-state index in [-0.39, 0.29) is 5.09 Å². The highest BCUT2D eigenvalue weighted by atomic mass is 79.9. The van der Waals surface area contributed by atoms with Gasteiger partial charge in [-0.3, -0.25) is 4.72 Å². The Morgan fingerprint density at radius 2 is 1.95 bits per heavy atom. The number of hydrogen-bond acceptors (Lipinski definition) is 4. The Hall–Kier alpha value is -0.830. The van der Waals surface area contributed by atoms with Crippen molar-refractivity contribution in [1.82, 2.24) is 5.32 Å². The highest BCUT2D eigenvalue weighted by Crippen LogP contribution is 2.28. The quantitative estimate of drug-likeness (QED) is 0.722. The van der Waals surface area contributed by atoms with Crippen molar-refractivity contribution in [3.63, 3.8) is 0 Å². The molecule has 0 aliphatic carbocycles. The van der Waals surface area contributed by atoms with Gasteiger partial charge in [-0.15, -0.1) is 0 Å². The van der Waals surface area contributed by atoms with Crippen LogP contribution in [0.25, 0.3) is 0 Å². The van der Waals surface area contributed by atoms with Crippen LogP contribution in [0.1, 0.15) is 12.7 Å². The van der Waals surface area contributed by atoms with Gasteiger partial charge in [-0.2, -0.15) is 8.42 Å². The van der Waals surface area contributed by atoms with Gasteiger partial charge in [0.2, 0.25) is 5.09 Å². The van der Waals surface area contributed by atoms with E-state index >= 15 is 0 Å². The smallest absolute Gasteiger partial charge is 0.295 e. The first-order valence-electron chi connectivity index (χ1n) is 6.19. The largest absolute Gasteiger partial charge is 0.446 e. The molecule has 1 aromatic heterocycles. The second-order valence-electron chi connectivity index (χ2n) is 4.23. The van der Waals surface area contributed by atoms with Crippen LogP contribution in [0.15, 0.2) is 48.8 Å². The molecule has 0 amide bonds. The van der Waals surface area contributed by atoms with Gasteiger partial charge in [0.25, 0.3) is 10.0 Å². The monoisotopic (exact) mass is 436 g/mol. The van der Waals surface area contributed by atoms with Crippen molar-refractivity contribution in [3.8, 4) is 0 Å². The Morgan fingerprint density at radius 3 is 2.67 bits per heavy atom. The lowest BCUT2D eigenvalue weighted by atomic mass is 10.3. The highest BCUT2D eigenvalue weighted by Gasteiger charge is 2.20. The molecule has 0 unspecified atom stereocenters. The first kappa shape index (κ1) is 16.5. The maximum absolute atomic E-state index is 12.3.